The van der Waals surface area contributed by atoms with Gasteiger partial charge in [0.15, 0.2) is 0 Å². The van der Waals surface area contributed by atoms with Crippen molar-refractivity contribution in [1.29, 1.82) is 0 Å². The van der Waals surface area contributed by atoms with Crippen molar-refractivity contribution in [1.82, 2.24) is 25.3 Å². The van der Waals surface area contributed by atoms with E-state index in [-0.39, 0.29) is 18.1 Å². The first-order valence-corrected chi connectivity index (χ1v) is 7.73. The Morgan fingerprint density at radius 2 is 1.96 bits per heavy atom. The molecule has 2 amide bonds. The molecule has 124 valence electrons. The molecule has 0 aliphatic rings. The number of hydrogen-bond donors (Lipinski definition) is 1. The second kappa shape index (κ2) is 7.21. The summed E-state index contributed by atoms with van der Waals surface area (Å²) in [4.78, 5) is 22.1. The van der Waals surface area contributed by atoms with Crippen molar-refractivity contribution in [2.75, 3.05) is 7.05 Å². The van der Waals surface area contributed by atoms with Crippen LogP contribution in [0.25, 0.3) is 11.4 Å². The smallest absolute Gasteiger partial charge is 0.318 e. The monoisotopic (exact) mass is 317 g/mol. The second-order valence-electron chi connectivity index (χ2n) is 5.80. The first kappa shape index (κ1) is 16.9. The molecule has 2 heterocycles. The third-order valence-electron chi connectivity index (χ3n) is 4.10. The summed E-state index contributed by atoms with van der Waals surface area (Å²) in [6, 6.07) is 3.46. The molecule has 7 heteroatoms. The first-order chi connectivity index (χ1) is 11.0. The highest BCUT2D eigenvalue weighted by Gasteiger charge is 2.24. The maximum atomic E-state index is 12.3. The summed E-state index contributed by atoms with van der Waals surface area (Å²) in [7, 11) is 1.71. The quantitative estimate of drug-likeness (QED) is 0.885. The number of aromatic nitrogens is 3. The van der Waals surface area contributed by atoms with Gasteiger partial charge in [-0.1, -0.05) is 19.0 Å². The van der Waals surface area contributed by atoms with E-state index in [0.717, 1.165) is 18.4 Å². The molecule has 1 N–H and O–H groups in total. The molecule has 0 unspecified atom stereocenters. The van der Waals surface area contributed by atoms with Gasteiger partial charge in [-0.3, -0.25) is 4.98 Å². The van der Waals surface area contributed by atoms with Crippen molar-refractivity contribution in [3.63, 3.8) is 0 Å². The summed E-state index contributed by atoms with van der Waals surface area (Å²) in [5.41, 5.74) is 0.620. The van der Waals surface area contributed by atoms with Gasteiger partial charge in [0, 0.05) is 30.5 Å². The fraction of sp³-hybridized carbons (Fsp3) is 0.500. The van der Waals surface area contributed by atoms with Crippen molar-refractivity contribution in [3.8, 4) is 11.4 Å². The molecule has 0 saturated carbocycles. The van der Waals surface area contributed by atoms with Gasteiger partial charge in [0.05, 0.1) is 0 Å². The number of carbonyl (C=O) groups excluding carboxylic acids is 1. The lowest BCUT2D eigenvalue weighted by atomic mass is 9.96. The first-order valence-electron chi connectivity index (χ1n) is 7.73. The van der Waals surface area contributed by atoms with Crippen LogP contribution in [0.3, 0.4) is 0 Å². The molecule has 2 aromatic heterocycles. The number of pyridine rings is 1. The fourth-order valence-electron chi connectivity index (χ4n) is 1.99. The third kappa shape index (κ3) is 4.28. The Kier molecular flexibility index (Phi) is 5.31. The molecule has 2 rings (SSSR count). The highest BCUT2D eigenvalue weighted by Crippen LogP contribution is 2.16. The zero-order valence-corrected chi connectivity index (χ0v) is 14.0. The van der Waals surface area contributed by atoms with E-state index in [1.807, 2.05) is 6.92 Å². The van der Waals surface area contributed by atoms with Gasteiger partial charge >= 0.3 is 6.03 Å². The Morgan fingerprint density at radius 3 is 2.57 bits per heavy atom. The van der Waals surface area contributed by atoms with Crippen LogP contribution in [0.1, 0.15) is 39.5 Å². The van der Waals surface area contributed by atoms with Gasteiger partial charge in [0.25, 0.3) is 0 Å². The van der Waals surface area contributed by atoms with Crippen LogP contribution in [0.5, 0.6) is 0 Å². The average molecular weight is 317 g/mol. The van der Waals surface area contributed by atoms with E-state index in [0.29, 0.717) is 11.7 Å². The van der Waals surface area contributed by atoms with E-state index in [2.05, 4.69) is 34.3 Å². The van der Waals surface area contributed by atoms with E-state index in [1.165, 1.54) is 4.90 Å². The third-order valence-corrected chi connectivity index (χ3v) is 4.10. The number of hydrogen-bond acceptors (Lipinski definition) is 5. The molecule has 2 aromatic rings. The van der Waals surface area contributed by atoms with Gasteiger partial charge < -0.3 is 14.7 Å². The van der Waals surface area contributed by atoms with E-state index in [4.69, 9.17) is 4.52 Å². The summed E-state index contributed by atoms with van der Waals surface area (Å²) in [5, 5.41) is 6.97. The zero-order chi connectivity index (χ0) is 16.9. The summed E-state index contributed by atoms with van der Waals surface area (Å²) in [6.45, 7) is 6.41. The molecule has 0 fully saturated rings. The molecule has 0 aromatic carbocycles. The van der Waals surface area contributed by atoms with Gasteiger partial charge in [-0.15, -0.1) is 0 Å². The van der Waals surface area contributed by atoms with E-state index < -0.39 is 0 Å². The maximum absolute atomic E-state index is 12.3. The van der Waals surface area contributed by atoms with Gasteiger partial charge in [-0.2, -0.15) is 4.98 Å². The number of nitrogens with one attached hydrogen (secondary N) is 1. The minimum Gasteiger partial charge on any atom is -0.337 e. The van der Waals surface area contributed by atoms with Gasteiger partial charge in [0.2, 0.25) is 11.7 Å². The van der Waals surface area contributed by atoms with Crippen LogP contribution in [0.4, 0.5) is 4.79 Å². The Morgan fingerprint density at radius 1 is 1.30 bits per heavy atom. The maximum Gasteiger partial charge on any atom is 0.318 e. The molecular formula is C16H23N5O2. The number of nitrogens with zero attached hydrogens (tertiary/aromatic N) is 4. The Balaban J connectivity index is 1.99. The van der Waals surface area contributed by atoms with Crippen molar-refractivity contribution in [2.24, 2.45) is 0 Å². The average Bonchev–Trinajstić information content (AvgIpc) is 3.04. The minimum absolute atomic E-state index is 0.153. The Hall–Kier alpha value is -2.44. The van der Waals surface area contributed by atoms with Crippen molar-refractivity contribution in [3.05, 3.63) is 30.4 Å². The molecule has 23 heavy (non-hydrogen) atoms. The molecule has 0 aliphatic heterocycles. The molecule has 0 radical (unpaired) electrons. The van der Waals surface area contributed by atoms with Crippen LogP contribution >= 0.6 is 0 Å². The van der Waals surface area contributed by atoms with Crippen LogP contribution in [0.15, 0.2) is 29.0 Å². The van der Waals surface area contributed by atoms with E-state index in [1.54, 1.807) is 31.6 Å². The number of amides is 2. The fourth-order valence-corrected chi connectivity index (χ4v) is 1.99. The van der Waals surface area contributed by atoms with Crippen LogP contribution in [0, 0.1) is 0 Å². The lowest BCUT2D eigenvalue weighted by molar-refractivity contribution is 0.184. The highest BCUT2D eigenvalue weighted by molar-refractivity contribution is 5.74. The van der Waals surface area contributed by atoms with Crippen LogP contribution < -0.4 is 5.32 Å². The lowest BCUT2D eigenvalue weighted by Crippen LogP contribution is -2.49. The van der Waals surface area contributed by atoms with Crippen LogP contribution in [0.2, 0.25) is 0 Å². The number of carbonyl (C=O) groups is 1. The van der Waals surface area contributed by atoms with Crippen molar-refractivity contribution >= 4 is 6.03 Å². The summed E-state index contributed by atoms with van der Waals surface area (Å²) < 4.78 is 5.22. The zero-order valence-electron chi connectivity index (χ0n) is 14.0. The minimum atomic E-state index is -0.206. The van der Waals surface area contributed by atoms with Crippen LogP contribution in [-0.2, 0) is 6.54 Å². The summed E-state index contributed by atoms with van der Waals surface area (Å²) in [6.07, 6.45) is 5.08. The molecular weight excluding hydrogens is 294 g/mol. The Bertz CT molecular complexity index is 637. The molecule has 7 nitrogen and oxygen atoms in total. The van der Waals surface area contributed by atoms with Crippen LogP contribution in [-0.4, -0.2) is 38.6 Å². The SMILES string of the molecule is CCC(C)(CC)NC(=O)N(C)Cc1nc(-c2ccncc2)no1. The van der Waals surface area contributed by atoms with E-state index >= 15 is 0 Å². The summed E-state index contributed by atoms with van der Waals surface area (Å²) in [5.74, 6) is 0.882. The molecule has 0 atom stereocenters. The van der Waals surface area contributed by atoms with Crippen molar-refractivity contribution < 1.29 is 9.32 Å². The van der Waals surface area contributed by atoms with E-state index in [9.17, 15) is 4.79 Å². The number of rotatable bonds is 6. The van der Waals surface area contributed by atoms with Gasteiger partial charge in [0.1, 0.15) is 6.54 Å². The van der Waals surface area contributed by atoms with Gasteiger partial charge in [-0.25, -0.2) is 4.79 Å². The summed E-state index contributed by atoms with van der Waals surface area (Å²) >= 11 is 0. The normalized spacial score (nSPS) is 11.3. The van der Waals surface area contributed by atoms with Gasteiger partial charge in [-0.05, 0) is 31.9 Å². The highest BCUT2D eigenvalue weighted by atomic mass is 16.5. The Labute approximate surface area is 136 Å². The molecule has 0 spiro atoms. The predicted octanol–water partition coefficient (Wildman–Crippen LogP) is 2.85. The topological polar surface area (TPSA) is 84.2 Å². The standard InChI is InChI=1S/C16H23N5O2/c1-5-16(3,6-2)19-15(22)21(4)11-13-18-14(20-23-13)12-7-9-17-10-8-12/h7-10H,5-6,11H2,1-4H3,(H,19,22). The predicted molar refractivity (Wildman–Crippen MR) is 86.5 cm³/mol. The molecule has 0 bridgehead atoms. The molecule has 0 saturated heterocycles. The lowest BCUT2D eigenvalue weighted by Gasteiger charge is -2.30. The largest absolute Gasteiger partial charge is 0.337 e. The number of urea groups is 1. The van der Waals surface area contributed by atoms with Crippen molar-refractivity contribution in [2.45, 2.75) is 45.7 Å². The molecule has 0 aliphatic carbocycles. The second-order valence-corrected chi connectivity index (χ2v) is 5.80.